The van der Waals surface area contributed by atoms with Gasteiger partial charge in [-0.1, -0.05) is 18.2 Å². The number of amides is 2. The summed E-state index contributed by atoms with van der Waals surface area (Å²) in [5, 5.41) is 12.2. The van der Waals surface area contributed by atoms with Gasteiger partial charge in [0.1, 0.15) is 0 Å². The maximum Gasteiger partial charge on any atom is 0.321 e. The molecule has 130 valence electrons. The number of aliphatic carboxylic acids is 1. The van der Waals surface area contributed by atoms with E-state index in [1.165, 1.54) is 0 Å². The van der Waals surface area contributed by atoms with E-state index in [1.807, 2.05) is 37.3 Å². The summed E-state index contributed by atoms with van der Waals surface area (Å²) in [4.78, 5) is 29.6. The first-order valence-electron chi connectivity index (χ1n) is 8.19. The fourth-order valence-corrected chi connectivity index (χ4v) is 2.97. The zero-order valence-corrected chi connectivity index (χ0v) is 14.3. The second-order valence-corrected chi connectivity index (χ2v) is 6.74. The highest BCUT2D eigenvalue weighted by Crippen LogP contribution is 2.31. The lowest BCUT2D eigenvalue weighted by Gasteiger charge is -2.21. The molecule has 0 saturated carbocycles. The van der Waals surface area contributed by atoms with Crippen molar-refractivity contribution in [3.63, 3.8) is 0 Å². The minimum absolute atomic E-state index is 0.218. The summed E-state index contributed by atoms with van der Waals surface area (Å²) in [6.45, 7) is 4.26. The molecule has 1 aromatic heterocycles. The molecule has 2 aromatic rings. The Labute approximate surface area is 146 Å². The molecule has 25 heavy (non-hydrogen) atoms. The lowest BCUT2D eigenvalue weighted by molar-refractivity contribution is -0.146. The van der Waals surface area contributed by atoms with Crippen LogP contribution < -0.4 is 5.32 Å². The summed E-state index contributed by atoms with van der Waals surface area (Å²) >= 11 is 0. The maximum absolute atomic E-state index is 12.5. The number of aryl methyl sites for hydroxylation is 1. The summed E-state index contributed by atoms with van der Waals surface area (Å²) in [5.41, 5.74) is 2.73. The van der Waals surface area contributed by atoms with Crippen molar-refractivity contribution in [1.29, 1.82) is 0 Å². The largest absolute Gasteiger partial charge is 0.481 e. The van der Waals surface area contributed by atoms with Crippen molar-refractivity contribution in [3.8, 4) is 11.1 Å². The highest BCUT2D eigenvalue weighted by Gasteiger charge is 2.42. The van der Waals surface area contributed by atoms with Gasteiger partial charge in [-0.05, 0) is 43.5 Å². The predicted molar refractivity (Wildman–Crippen MR) is 95.4 cm³/mol. The van der Waals surface area contributed by atoms with E-state index in [0.717, 1.165) is 22.4 Å². The summed E-state index contributed by atoms with van der Waals surface area (Å²) in [7, 11) is 0. The van der Waals surface area contributed by atoms with E-state index in [2.05, 4.69) is 10.3 Å². The minimum Gasteiger partial charge on any atom is -0.481 e. The van der Waals surface area contributed by atoms with E-state index in [-0.39, 0.29) is 12.6 Å². The van der Waals surface area contributed by atoms with Crippen molar-refractivity contribution in [1.82, 2.24) is 9.88 Å². The van der Waals surface area contributed by atoms with Crippen molar-refractivity contribution in [3.05, 3.63) is 48.3 Å². The van der Waals surface area contributed by atoms with Gasteiger partial charge < -0.3 is 15.3 Å². The van der Waals surface area contributed by atoms with E-state index < -0.39 is 11.4 Å². The maximum atomic E-state index is 12.5. The zero-order valence-electron chi connectivity index (χ0n) is 14.3. The molecule has 2 amide bonds. The third-order valence-corrected chi connectivity index (χ3v) is 4.75. The summed E-state index contributed by atoms with van der Waals surface area (Å²) in [6.07, 6.45) is 3.95. The molecule has 0 bridgehead atoms. The van der Waals surface area contributed by atoms with Crippen molar-refractivity contribution in [2.75, 3.05) is 18.4 Å². The predicted octanol–water partition coefficient (Wildman–Crippen LogP) is 3.39. The van der Waals surface area contributed by atoms with E-state index in [0.29, 0.717) is 13.0 Å². The molecule has 2 heterocycles. The average Bonchev–Trinajstić information content (AvgIpc) is 3.02. The number of carboxylic acid groups (broad SMARTS) is 1. The van der Waals surface area contributed by atoms with Crippen LogP contribution in [0.5, 0.6) is 0 Å². The fraction of sp³-hybridized carbons (Fsp3) is 0.316. The van der Waals surface area contributed by atoms with Crippen LogP contribution in [0, 0.1) is 12.3 Å². The van der Waals surface area contributed by atoms with Crippen LogP contribution in [-0.4, -0.2) is 40.1 Å². The molecular weight excluding hydrogens is 318 g/mol. The zero-order chi connectivity index (χ0) is 18.0. The number of likely N-dealkylation sites (tertiary alicyclic amines) is 1. The Morgan fingerprint density at radius 3 is 2.72 bits per heavy atom. The van der Waals surface area contributed by atoms with Gasteiger partial charge in [0.25, 0.3) is 0 Å². The van der Waals surface area contributed by atoms with Crippen LogP contribution in [0.2, 0.25) is 0 Å². The van der Waals surface area contributed by atoms with Crippen LogP contribution in [-0.2, 0) is 4.79 Å². The standard InChI is InChI=1S/C19H21N3O3/c1-13-5-6-14(15-4-3-8-20-11-15)10-16(13)21-18(25)22-9-7-19(2,12-22)17(23)24/h3-6,8,10-11H,7,9,12H2,1-2H3,(H,21,25)(H,23,24). The van der Waals surface area contributed by atoms with Crippen LogP contribution in [0.15, 0.2) is 42.7 Å². The molecule has 0 radical (unpaired) electrons. The smallest absolute Gasteiger partial charge is 0.321 e. The Morgan fingerprint density at radius 2 is 2.08 bits per heavy atom. The molecule has 1 aliphatic rings. The highest BCUT2D eigenvalue weighted by molar-refractivity contribution is 5.92. The van der Waals surface area contributed by atoms with Crippen LogP contribution in [0.25, 0.3) is 11.1 Å². The molecule has 1 aromatic carbocycles. The topological polar surface area (TPSA) is 82.5 Å². The third-order valence-electron chi connectivity index (χ3n) is 4.75. The number of urea groups is 1. The summed E-state index contributed by atoms with van der Waals surface area (Å²) in [5.74, 6) is -0.863. The quantitative estimate of drug-likeness (QED) is 0.898. The van der Waals surface area contributed by atoms with Crippen molar-refractivity contribution < 1.29 is 14.7 Å². The summed E-state index contributed by atoms with van der Waals surface area (Å²) < 4.78 is 0. The lowest BCUT2D eigenvalue weighted by atomic mass is 9.90. The monoisotopic (exact) mass is 339 g/mol. The number of aromatic nitrogens is 1. The van der Waals surface area contributed by atoms with Gasteiger partial charge in [-0.3, -0.25) is 9.78 Å². The molecule has 2 N–H and O–H groups in total. The van der Waals surface area contributed by atoms with E-state index in [1.54, 1.807) is 24.2 Å². The van der Waals surface area contributed by atoms with E-state index in [9.17, 15) is 14.7 Å². The molecule has 6 nitrogen and oxygen atoms in total. The van der Waals surface area contributed by atoms with Gasteiger partial charge in [-0.15, -0.1) is 0 Å². The fourth-order valence-electron chi connectivity index (χ4n) is 2.97. The van der Waals surface area contributed by atoms with Gasteiger partial charge in [0, 0.05) is 36.7 Å². The first-order chi connectivity index (χ1) is 11.9. The van der Waals surface area contributed by atoms with Gasteiger partial charge in [-0.2, -0.15) is 0 Å². The van der Waals surface area contributed by atoms with Crippen molar-refractivity contribution in [2.45, 2.75) is 20.3 Å². The van der Waals surface area contributed by atoms with Gasteiger partial charge in [0.05, 0.1) is 5.41 Å². The van der Waals surface area contributed by atoms with Crippen LogP contribution in [0.3, 0.4) is 0 Å². The Balaban J connectivity index is 1.77. The SMILES string of the molecule is Cc1ccc(-c2cccnc2)cc1NC(=O)N1CCC(C)(C(=O)O)C1. The van der Waals surface area contributed by atoms with Crippen LogP contribution >= 0.6 is 0 Å². The molecule has 1 atom stereocenters. The normalized spacial score (nSPS) is 19.7. The Morgan fingerprint density at radius 1 is 1.28 bits per heavy atom. The number of nitrogens with zero attached hydrogens (tertiary/aromatic N) is 2. The highest BCUT2D eigenvalue weighted by atomic mass is 16.4. The molecule has 1 unspecified atom stereocenters. The third kappa shape index (κ3) is 3.47. The molecule has 3 rings (SSSR count). The number of rotatable bonds is 3. The number of hydrogen-bond acceptors (Lipinski definition) is 3. The molecule has 1 saturated heterocycles. The number of anilines is 1. The number of pyridine rings is 1. The molecule has 1 fully saturated rings. The Kier molecular flexibility index (Phi) is 4.44. The molecule has 0 aliphatic carbocycles. The molecule has 0 spiro atoms. The Bertz CT molecular complexity index is 807. The number of carbonyl (C=O) groups is 2. The first-order valence-corrected chi connectivity index (χ1v) is 8.19. The Hall–Kier alpha value is -2.89. The molecule has 6 heteroatoms. The number of hydrogen-bond donors (Lipinski definition) is 2. The summed E-state index contributed by atoms with van der Waals surface area (Å²) in [6, 6.07) is 9.41. The van der Waals surface area contributed by atoms with Gasteiger partial charge in [0.2, 0.25) is 0 Å². The molecular formula is C19H21N3O3. The second-order valence-electron chi connectivity index (χ2n) is 6.74. The number of carboxylic acids is 1. The van der Waals surface area contributed by atoms with E-state index >= 15 is 0 Å². The van der Waals surface area contributed by atoms with Crippen molar-refractivity contribution >= 4 is 17.7 Å². The van der Waals surface area contributed by atoms with Gasteiger partial charge in [-0.25, -0.2) is 4.79 Å². The number of carbonyl (C=O) groups excluding carboxylic acids is 1. The van der Waals surface area contributed by atoms with Crippen LogP contribution in [0.4, 0.5) is 10.5 Å². The molecule has 1 aliphatic heterocycles. The van der Waals surface area contributed by atoms with Crippen LogP contribution in [0.1, 0.15) is 18.9 Å². The second kappa shape index (κ2) is 6.55. The van der Waals surface area contributed by atoms with Crippen molar-refractivity contribution in [2.24, 2.45) is 5.41 Å². The minimum atomic E-state index is -0.871. The van der Waals surface area contributed by atoms with E-state index in [4.69, 9.17) is 0 Å². The average molecular weight is 339 g/mol. The number of nitrogens with one attached hydrogen (secondary N) is 1. The van der Waals surface area contributed by atoms with Gasteiger partial charge in [0.15, 0.2) is 0 Å². The first kappa shape index (κ1) is 17.0. The number of benzene rings is 1. The van der Waals surface area contributed by atoms with Gasteiger partial charge >= 0.3 is 12.0 Å². The lowest BCUT2D eigenvalue weighted by Crippen LogP contribution is -2.37.